The third-order valence-corrected chi connectivity index (χ3v) is 2.35. The molecule has 0 saturated heterocycles. The van der Waals surface area contributed by atoms with Gasteiger partial charge in [-0.1, -0.05) is 29.8 Å². The highest BCUT2D eigenvalue weighted by atomic mass is 16.5. The van der Waals surface area contributed by atoms with Gasteiger partial charge in [0.25, 0.3) is 0 Å². The Balaban J connectivity index is 2.42. The molecule has 0 unspecified atom stereocenters. The minimum Gasteiger partial charge on any atom is -0.464 e. The molecule has 0 aliphatic carbocycles. The smallest absolute Gasteiger partial charge is 0.334 e. The third-order valence-electron chi connectivity index (χ3n) is 2.35. The lowest BCUT2D eigenvalue weighted by Crippen LogP contribution is -2.23. The monoisotopic (exact) mass is 222 g/mol. The summed E-state index contributed by atoms with van der Waals surface area (Å²) in [6, 6.07) is 8.04. The van der Waals surface area contributed by atoms with Gasteiger partial charge in [-0.15, -0.1) is 0 Å². The fourth-order valence-corrected chi connectivity index (χ4v) is 1.53. The molecule has 0 radical (unpaired) electrons. The number of hydrogen-bond donors (Lipinski definition) is 1. The van der Waals surface area contributed by atoms with Crippen LogP contribution in [0.1, 0.15) is 24.5 Å². The van der Waals surface area contributed by atoms with E-state index in [2.05, 4.69) is 6.07 Å². The molecule has 0 heterocycles. The molecule has 16 heavy (non-hydrogen) atoms. The lowest BCUT2D eigenvalue weighted by atomic mass is 10.0. The van der Waals surface area contributed by atoms with Gasteiger partial charge in [0.05, 0.1) is 6.61 Å². The first-order valence-corrected chi connectivity index (χ1v) is 5.53. The lowest BCUT2D eigenvalue weighted by molar-refractivity contribution is -0.153. The predicted octanol–water partition coefficient (Wildman–Crippen LogP) is 1.85. The highest BCUT2D eigenvalue weighted by Gasteiger charge is 2.15. The molecule has 0 aromatic heterocycles. The van der Waals surface area contributed by atoms with Crippen molar-refractivity contribution in [1.29, 1.82) is 0 Å². The van der Waals surface area contributed by atoms with E-state index in [9.17, 15) is 9.90 Å². The standard InChI is InChI=1S/C13H18O3/c1-3-16-13(15)12(14)8-7-11-6-4-5-10(2)9-11/h4-6,9,12,14H,3,7-8H2,1-2H3/t12-/m1/s1. The van der Waals surface area contributed by atoms with Gasteiger partial charge < -0.3 is 9.84 Å². The van der Waals surface area contributed by atoms with Crippen LogP contribution in [0.3, 0.4) is 0 Å². The van der Waals surface area contributed by atoms with Crippen molar-refractivity contribution in [2.24, 2.45) is 0 Å². The number of carbonyl (C=O) groups is 1. The van der Waals surface area contributed by atoms with Crippen molar-refractivity contribution in [3.8, 4) is 0 Å². The van der Waals surface area contributed by atoms with E-state index in [0.29, 0.717) is 19.4 Å². The second-order valence-corrected chi connectivity index (χ2v) is 3.80. The summed E-state index contributed by atoms with van der Waals surface area (Å²) >= 11 is 0. The Morgan fingerprint density at radius 1 is 1.50 bits per heavy atom. The van der Waals surface area contributed by atoms with Crippen LogP contribution < -0.4 is 0 Å². The van der Waals surface area contributed by atoms with Crippen LogP contribution in [-0.4, -0.2) is 23.8 Å². The SMILES string of the molecule is CCOC(=O)[C@H](O)CCc1cccc(C)c1. The fraction of sp³-hybridized carbons (Fsp3) is 0.462. The Bertz CT molecular complexity index is 347. The van der Waals surface area contributed by atoms with Gasteiger partial charge in [0.1, 0.15) is 0 Å². The van der Waals surface area contributed by atoms with Crippen LogP contribution in [0.2, 0.25) is 0 Å². The maximum absolute atomic E-state index is 11.2. The van der Waals surface area contributed by atoms with Gasteiger partial charge >= 0.3 is 5.97 Å². The average Bonchev–Trinajstić information content (AvgIpc) is 2.26. The van der Waals surface area contributed by atoms with Gasteiger partial charge in [0.15, 0.2) is 6.10 Å². The van der Waals surface area contributed by atoms with Crippen molar-refractivity contribution in [2.45, 2.75) is 32.8 Å². The molecule has 1 N–H and O–H groups in total. The number of carbonyl (C=O) groups excluding carboxylic acids is 1. The van der Waals surface area contributed by atoms with E-state index in [1.807, 2.05) is 25.1 Å². The predicted molar refractivity (Wildman–Crippen MR) is 62.1 cm³/mol. The minimum absolute atomic E-state index is 0.306. The van der Waals surface area contributed by atoms with E-state index in [4.69, 9.17) is 4.74 Å². The molecule has 0 aliphatic heterocycles. The van der Waals surface area contributed by atoms with Gasteiger partial charge in [-0.05, 0) is 32.3 Å². The number of rotatable bonds is 5. The first kappa shape index (κ1) is 12.7. The molecule has 1 aromatic rings. The first-order chi connectivity index (χ1) is 7.63. The van der Waals surface area contributed by atoms with Crippen LogP contribution in [0.5, 0.6) is 0 Å². The largest absolute Gasteiger partial charge is 0.464 e. The normalized spacial score (nSPS) is 12.2. The van der Waals surface area contributed by atoms with E-state index in [-0.39, 0.29) is 0 Å². The van der Waals surface area contributed by atoms with Crippen molar-refractivity contribution in [1.82, 2.24) is 0 Å². The van der Waals surface area contributed by atoms with Crippen LogP contribution >= 0.6 is 0 Å². The number of aliphatic hydroxyl groups excluding tert-OH is 1. The zero-order chi connectivity index (χ0) is 12.0. The second-order valence-electron chi connectivity index (χ2n) is 3.80. The Hall–Kier alpha value is -1.35. The Morgan fingerprint density at radius 3 is 2.88 bits per heavy atom. The maximum atomic E-state index is 11.2. The number of benzene rings is 1. The second kappa shape index (κ2) is 6.28. The van der Waals surface area contributed by atoms with Crippen molar-refractivity contribution in [2.75, 3.05) is 6.61 Å². The van der Waals surface area contributed by atoms with Crippen molar-refractivity contribution in [3.63, 3.8) is 0 Å². The summed E-state index contributed by atoms with van der Waals surface area (Å²) < 4.78 is 4.73. The number of ether oxygens (including phenoxy) is 1. The van der Waals surface area contributed by atoms with E-state index >= 15 is 0 Å². The van der Waals surface area contributed by atoms with Gasteiger partial charge in [-0.2, -0.15) is 0 Å². The molecule has 0 fully saturated rings. The Morgan fingerprint density at radius 2 is 2.25 bits per heavy atom. The quantitative estimate of drug-likeness (QED) is 0.773. The molecular formula is C13H18O3. The molecule has 0 aliphatic rings. The summed E-state index contributed by atoms with van der Waals surface area (Å²) in [6.07, 6.45) is 0.0738. The summed E-state index contributed by atoms with van der Waals surface area (Å²) in [5, 5.41) is 9.50. The highest BCUT2D eigenvalue weighted by Crippen LogP contribution is 2.08. The molecule has 3 nitrogen and oxygen atoms in total. The molecule has 1 atom stereocenters. The zero-order valence-electron chi connectivity index (χ0n) is 9.77. The summed E-state index contributed by atoms with van der Waals surface area (Å²) in [6.45, 7) is 4.05. The third kappa shape index (κ3) is 4.03. The van der Waals surface area contributed by atoms with E-state index in [1.165, 1.54) is 5.56 Å². The van der Waals surface area contributed by atoms with Gasteiger partial charge in [0.2, 0.25) is 0 Å². The molecule has 1 aromatic carbocycles. The van der Waals surface area contributed by atoms with Gasteiger partial charge in [-0.25, -0.2) is 4.79 Å². The number of hydrogen-bond acceptors (Lipinski definition) is 3. The molecule has 0 amide bonds. The summed E-state index contributed by atoms with van der Waals surface area (Å²) in [7, 11) is 0. The molecular weight excluding hydrogens is 204 g/mol. The Labute approximate surface area is 96.1 Å². The average molecular weight is 222 g/mol. The van der Waals surface area contributed by atoms with Crippen molar-refractivity contribution in [3.05, 3.63) is 35.4 Å². The molecule has 0 bridgehead atoms. The molecule has 3 heteroatoms. The lowest BCUT2D eigenvalue weighted by Gasteiger charge is -2.09. The van der Waals surface area contributed by atoms with E-state index in [1.54, 1.807) is 6.92 Å². The summed E-state index contributed by atoms with van der Waals surface area (Å²) in [5.41, 5.74) is 2.31. The van der Waals surface area contributed by atoms with Gasteiger partial charge in [-0.3, -0.25) is 0 Å². The van der Waals surface area contributed by atoms with Crippen LogP contribution in [0.15, 0.2) is 24.3 Å². The molecule has 88 valence electrons. The first-order valence-electron chi connectivity index (χ1n) is 5.53. The van der Waals surface area contributed by atoms with Gasteiger partial charge in [0, 0.05) is 0 Å². The zero-order valence-corrected chi connectivity index (χ0v) is 9.77. The van der Waals surface area contributed by atoms with Crippen molar-refractivity contribution < 1.29 is 14.6 Å². The Kier molecular flexibility index (Phi) is 4.99. The molecule has 0 saturated carbocycles. The van der Waals surface area contributed by atoms with Crippen LogP contribution in [-0.2, 0) is 16.0 Å². The topological polar surface area (TPSA) is 46.5 Å². The van der Waals surface area contributed by atoms with Crippen LogP contribution in [0.4, 0.5) is 0 Å². The number of aliphatic hydroxyl groups is 1. The molecule has 1 rings (SSSR count). The fourth-order valence-electron chi connectivity index (χ4n) is 1.53. The summed E-state index contributed by atoms with van der Waals surface area (Å²) in [4.78, 5) is 11.2. The van der Waals surface area contributed by atoms with Crippen LogP contribution in [0.25, 0.3) is 0 Å². The maximum Gasteiger partial charge on any atom is 0.334 e. The van der Waals surface area contributed by atoms with Crippen LogP contribution in [0, 0.1) is 6.92 Å². The van der Waals surface area contributed by atoms with E-state index in [0.717, 1.165) is 5.56 Å². The number of aryl methyl sites for hydroxylation is 2. The molecule has 0 spiro atoms. The van der Waals surface area contributed by atoms with E-state index < -0.39 is 12.1 Å². The number of esters is 1. The highest BCUT2D eigenvalue weighted by molar-refractivity contribution is 5.74. The van der Waals surface area contributed by atoms with Crippen molar-refractivity contribution >= 4 is 5.97 Å². The summed E-state index contributed by atoms with van der Waals surface area (Å²) in [5.74, 6) is -0.532. The minimum atomic E-state index is -1.01.